The van der Waals surface area contributed by atoms with Crippen molar-refractivity contribution in [1.82, 2.24) is 5.32 Å². The van der Waals surface area contributed by atoms with Gasteiger partial charge in [0.2, 0.25) is 5.91 Å². The predicted octanol–water partition coefficient (Wildman–Crippen LogP) is 2.63. The van der Waals surface area contributed by atoms with Gasteiger partial charge in [-0.05, 0) is 41.7 Å². The van der Waals surface area contributed by atoms with Gasteiger partial charge in [0.05, 0.1) is 7.11 Å². The fourth-order valence-electron chi connectivity index (χ4n) is 3.01. The van der Waals surface area contributed by atoms with Gasteiger partial charge >= 0.3 is 0 Å². The number of hydrogen-bond acceptors (Lipinski definition) is 4. The molecule has 2 aromatic rings. The molecule has 1 aliphatic carbocycles. The molecule has 0 radical (unpaired) electrons. The highest BCUT2D eigenvalue weighted by molar-refractivity contribution is 6.31. The lowest BCUT2D eigenvalue weighted by molar-refractivity contribution is -0.122. The molecule has 1 aliphatic rings. The molecule has 2 unspecified atom stereocenters. The predicted molar refractivity (Wildman–Crippen MR) is 102 cm³/mol. The molecule has 2 atom stereocenters. The van der Waals surface area contributed by atoms with Crippen LogP contribution in [-0.2, 0) is 16.1 Å². The maximum absolute atomic E-state index is 12.4. The monoisotopic (exact) mass is 388 g/mol. The minimum Gasteiger partial charge on any atom is -0.493 e. The Morgan fingerprint density at radius 3 is 2.70 bits per heavy atom. The van der Waals surface area contributed by atoms with Crippen molar-refractivity contribution in [2.45, 2.75) is 18.9 Å². The Bertz CT molecular complexity index is 856. The molecule has 3 rings (SSSR count). The van der Waals surface area contributed by atoms with Gasteiger partial charge in [-0.25, -0.2) is 0 Å². The fourth-order valence-corrected chi connectivity index (χ4v) is 3.29. The van der Waals surface area contributed by atoms with Gasteiger partial charge in [-0.15, -0.1) is 0 Å². The van der Waals surface area contributed by atoms with E-state index < -0.39 is 5.91 Å². The van der Waals surface area contributed by atoms with E-state index in [2.05, 4.69) is 5.32 Å². The summed E-state index contributed by atoms with van der Waals surface area (Å²) < 4.78 is 10.6. The van der Waals surface area contributed by atoms with Crippen molar-refractivity contribution in [3.63, 3.8) is 0 Å². The average molecular weight is 389 g/mol. The number of amides is 2. The zero-order valence-electron chi connectivity index (χ0n) is 14.9. The van der Waals surface area contributed by atoms with Crippen LogP contribution in [0.2, 0.25) is 5.02 Å². The second-order valence-electron chi connectivity index (χ2n) is 6.43. The lowest BCUT2D eigenvalue weighted by Gasteiger charge is -2.12. The second kappa shape index (κ2) is 8.31. The van der Waals surface area contributed by atoms with Gasteiger partial charge in [-0.3, -0.25) is 9.59 Å². The molecule has 27 heavy (non-hydrogen) atoms. The third-order valence-corrected chi connectivity index (χ3v) is 4.84. The van der Waals surface area contributed by atoms with Crippen molar-refractivity contribution in [2.24, 2.45) is 11.7 Å². The van der Waals surface area contributed by atoms with Gasteiger partial charge in [0.25, 0.3) is 5.91 Å². The number of benzene rings is 2. The van der Waals surface area contributed by atoms with Crippen LogP contribution in [-0.4, -0.2) is 25.5 Å². The van der Waals surface area contributed by atoms with E-state index in [1.165, 1.54) is 7.11 Å². The van der Waals surface area contributed by atoms with Crippen LogP contribution in [0.3, 0.4) is 0 Å². The first-order valence-corrected chi connectivity index (χ1v) is 8.97. The number of rotatable bonds is 8. The molecular formula is C20H21ClN2O4. The van der Waals surface area contributed by atoms with E-state index in [1.807, 2.05) is 24.3 Å². The Morgan fingerprint density at radius 1 is 1.22 bits per heavy atom. The molecule has 2 aromatic carbocycles. The van der Waals surface area contributed by atoms with Crippen molar-refractivity contribution >= 4 is 23.4 Å². The molecule has 6 nitrogen and oxygen atoms in total. The Labute approximate surface area is 162 Å². The summed E-state index contributed by atoms with van der Waals surface area (Å²) in [6.07, 6.45) is 0.804. The number of hydrogen-bond donors (Lipinski definition) is 2. The van der Waals surface area contributed by atoms with Crippen LogP contribution in [0.1, 0.15) is 23.5 Å². The first-order valence-electron chi connectivity index (χ1n) is 8.59. The molecule has 7 heteroatoms. The molecule has 0 bridgehead atoms. The van der Waals surface area contributed by atoms with Crippen LogP contribution in [0.15, 0.2) is 42.5 Å². The zero-order valence-corrected chi connectivity index (χ0v) is 15.7. The van der Waals surface area contributed by atoms with Gasteiger partial charge < -0.3 is 20.5 Å². The number of ether oxygens (including phenoxy) is 2. The quantitative estimate of drug-likeness (QED) is 0.727. The highest BCUT2D eigenvalue weighted by Crippen LogP contribution is 2.49. The lowest BCUT2D eigenvalue weighted by Crippen LogP contribution is -2.25. The summed E-state index contributed by atoms with van der Waals surface area (Å²) in [6.45, 7) is 0.147. The van der Waals surface area contributed by atoms with E-state index in [-0.39, 0.29) is 24.3 Å². The molecule has 142 valence electrons. The van der Waals surface area contributed by atoms with E-state index >= 15 is 0 Å². The summed E-state index contributed by atoms with van der Waals surface area (Å²) in [4.78, 5) is 23.2. The Kier molecular flexibility index (Phi) is 5.86. The molecule has 1 fully saturated rings. The maximum Gasteiger partial charge on any atom is 0.255 e. The largest absolute Gasteiger partial charge is 0.493 e. The van der Waals surface area contributed by atoms with Crippen LogP contribution in [0.4, 0.5) is 0 Å². The maximum atomic E-state index is 12.4. The third-order valence-electron chi connectivity index (χ3n) is 4.50. The summed E-state index contributed by atoms with van der Waals surface area (Å²) >= 11 is 6.21. The number of primary amides is 1. The minimum atomic E-state index is -0.564. The molecule has 0 spiro atoms. The Hall–Kier alpha value is -2.73. The van der Waals surface area contributed by atoms with E-state index in [0.717, 1.165) is 17.5 Å². The molecule has 0 aliphatic heterocycles. The number of methoxy groups -OCH3 is 1. The van der Waals surface area contributed by atoms with Crippen LogP contribution in [0, 0.1) is 5.92 Å². The first-order chi connectivity index (χ1) is 13.0. The van der Waals surface area contributed by atoms with Gasteiger partial charge in [0.15, 0.2) is 18.1 Å². The summed E-state index contributed by atoms with van der Waals surface area (Å²) in [5.74, 6) is 0.470. The smallest absolute Gasteiger partial charge is 0.255 e. The number of halogens is 1. The van der Waals surface area contributed by atoms with Gasteiger partial charge in [0, 0.05) is 17.5 Å². The van der Waals surface area contributed by atoms with Gasteiger partial charge in [-0.1, -0.05) is 35.9 Å². The van der Waals surface area contributed by atoms with E-state index in [1.54, 1.807) is 18.2 Å². The normalized spacial score (nSPS) is 17.9. The highest BCUT2D eigenvalue weighted by atomic mass is 35.5. The summed E-state index contributed by atoms with van der Waals surface area (Å²) in [5, 5.41) is 3.65. The van der Waals surface area contributed by atoms with Gasteiger partial charge in [0.1, 0.15) is 0 Å². The minimum absolute atomic E-state index is 0.00735. The molecule has 3 N–H and O–H groups in total. The van der Waals surface area contributed by atoms with Crippen LogP contribution < -0.4 is 20.5 Å². The van der Waals surface area contributed by atoms with E-state index in [9.17, 15) is 9.59 Å². The fraction of sp³-hybridized carbons (Fsp3) is 0.300. The molecule has 0 aromatic heterocycles. The molecule has 0 saturated heterocycles. The van der Waals surface area contributed by atoms with Crippen molar-refractivity contribution in [3.05, 3.63) is 58.6 Å². The Morgan fingerprint density at radius 2 is 2.00 bits per heavy atom. The summed E-state index contributed by atoms with van der Waals surface area (Å²) in [7, 11) is 1.51. The molecule has 2 amide bonds. The third kappa shape index (κ3) is 4.71. The van der Waals surface area contributed by atoms with Crippen molar-refractivity contribution < 1.29 is 19.1 Å². The van der Waals surface area contributed by atoms with Crippen molar-refractivity contribution in [1.29, 1.82) is 0 Å². The standard InChI is InChI=1S/C20H21ClN2O4/c1-26-18-8-12(6-7-17(18)27-11-19(22)24)10-23-20(25)15-9-14(15)13-4-2-3-5-16(13)21/h2-8,14-15H,9-11H2,1H3,(H2,22,24)(H,23,25). The van der Waals surface area contributed by atoms with Gasteiger partial charge in [-0.2, -0.15) is 0 Å². The topological polar surface area (TPSA) is 90.7 Å². The first kappa shape index (κ1) is 19.0. The molecule has 1 saturated carbocycles. The SMILES string of the molecule is COc1cc(CNC(=O)C2CC2c2ccccc2Cl)ccc1OCC(N)=O. The highest BCUT2D eigenvalue weighted by Gasteiger charge is 2.44. The number of nitrogens with two attached hydrogens (primary N) is 1. The summed E-state index contributed by atoms with van der Waals surface area (Å²) in [5.41, 5.74) is 6.97. The average Bonchev–Trinajstić information content (AvgIpc) is 3.45. The molecular weight excluding hydrogens is 368 g/mol. The lowest BCUT2D eigenvalue weighted by atomic mass is 10.1. The van der Waals surface area contributed by atoms with Crippen molar-refractivity contribution in [3.8, 4) is 11.5 Å². The number of nitrogens with one attached hydrogen (secondary N) is 1. The molecule has 0 heterocycles. The summed E-state index contributed by atoms with van der Waals surface area (Å²) in [6, 6.07) is 12.9. The zero-order chi connectivity index (χ0) is 19.4. The van der Waals surface area contributed by atoms with Crippen LogP contribution in [0.25, 0.3) is 0 Å². The second-order valence-corrected chi connectivity index (χ2v) is 6.84. The Balaban J connectivity index is 1.56. The number of carbonyl (C=O) groups is 2. The van der Waals surface area contributed by atoms with Crippen LogP contribution >= 0.6 is 11.6 Å². The van der Waals surface area contributed by atoms with E-state index in [0.29, 0.717) is 23.1 Å². The van der Waals surface area contributed by atoms with Crippen LogP contribution in [0.5, 0.6) is 11.5 Å². The van der Waals surface area contributed by atoms with E-state index in [4.69, 9.17) is 26.8 Å². The van der Waals surface area contributed by atoms with Crippen molar-refractivity contribution in [2.75, 3.05) is 13.7 Å². The number of carbonyl (C=O) groups excluding carboxylic acids is 2.